The number of nitrogens with two attached hydrogens (primary N) is 1. The second kappa shape index (κ2) is 5.41. The first-order valence-corrected chi connectivity index (χ1v) is 6.92. The number of nitrogens with zero attached hydrogens (tertiary/aromatic N) is 1. The van der Waals surface area contributed by atoms with Gasteiger partial charge in [0.25, 0.3) is 0 Å². The van der Waals surface area contributed by atoms with Crippen LogP contribution in [0, 0.1) is 5.92 Å². The number of carbonyl (C=O) groups excluding carboxylic acids is 1. The van der Waals surface area contributed by atoms with Gasteiger partial charge in [0.1, 0.15) is 0 Å². The molecule has 102 valence electrons. The first kappa shape index (κ1) is 13.6. The number of hydrogen-bond donors (Lipinski definition) is 2. The molecular formula is C14H25N3O. The van der Waals surface area contributed by atoms with Crippen LogP contribution in [0.5, 0.6) is 0 Å². The lowest BCUT2D eigenvalue weighted by molar-refractivity contribution is -0.124. The van der Waals surface area contributed by atoms with E-state index < -0.39 is 0 Å². The fourth-order valence-corrected chi connectivity index (χ4v) is 3.12. The van der Waals surface area contributed by atoms with E-state index in [1.54, 1.807) is 0 Å². The first-order valence-electron chi connectivity index (χ1n) is 6.92. The van der Waals surface area contributed by atoms with E-state index in [0.29, 0.717) is 0 Å². The number of amides is 1. The molecule has 18 heavy (non-hydrogen) atoms. The van der Waals surface area contributed by atoms with E-state index in [9.17, 15) is 4.79 Å². The highest BCUT2D eigenvalue weighted by atomic mass is 16.1. The van der Waals surface area contributed by atoms with Crippen molar-refractivity contribution >= 4 is 5.91 Å². The summed E-state index contributed by atoms with van der Waals surface area (Å²) in [6.07, 6.45) is 9.52. The number of hydrogen-bond acceptors (Lipinski definition) is 3. The van der Waals surface area contributed by atoms with Crippen LogP contribution < -0.4 is 11.1 Å². The van der Waals surface area contributed by atoms with Gasteiger partial charge in [0.2, 0.25) is 5.91 Å². The van der Waals surface area contributed by atoms with Crippen LogP contribution in [-0.2, 0) is 4.79 Å². The molecule has 1 fully saturated rings. The van der Waals surface area contributed by atoms with Gasteiger partial charge in [-0.05, 0) is 33.4 Å². The second-order valence-electron chi connectivity index (χ2n) is 5.93. The summed E-state index contributed by atoms with van der Waals surface area (Å²) in [6.45, 7) is 0.762. The zero-order valence-electron chi connectivity index (χ0n) is 11.5. The zero-order chi connectivity index (χ0) is 13.2. The number of likely N-dealkylation sites (N-methyl/N-ethyl adjacent to an activating group) is 1. The minimum atomic E-state index is -0.0272. The second-order valence-corrected chi connectivity index (χ2v) is 5.93. The van der Waals surface area contributed by atoms with Gasteiger partial charge in [0.15, 0.2) is 0 Å². The summed E-state index contributed by atoms with van der Waals surface area (Å²) >= 11 is 0. The van der Waals surface area contributed by atoms with Crippen LogP contribution >= 0.6 is 0 Å². The quantitative estimate of drug-likeness (QED) is 0.729. The standard InChI is InChI=1S/C14H25N3O/c1-17(2)14(7-3-4-8-14)10-16-13(18)11-5-6-12(15)9-11/h5-6,11-12H,3-4,7-10,15H2,1-2H3,(H,16,18). The van der Waals surface area contributed by atoms with Crippen molar-refractivity contribution in [2.45, 2.75) is 43.7 Å². The predicted octanol–water partition coefficient (Wildman–Crippen LogP) is 0.880. The Kier molecular flexibility index (Phi) is 4.07. The maximum absolute atomic E-state index is 12.1. The molecular weight excluding hydrogens is 226 g/mol. The van der Waals surface area contributed by atoms with Crippen LogP contribution in [0.1, 0.15) is 32.1 Å². The van der Waals surface area contributed by atoms with E-state index in [2.05, 4.69) is 24.3 Å². The topological polar surface area (TPSA) is 58.4 Å². The van der Waals surface area contributed by atoms with Crippen molar-refractivity contribution in [1.29, 1.82) is 0 Å². The van der Waals surface area contributed by atoms with Crippen molar-refractivity contribution in [3.05, 3.63) is 12.2 Å². The minimum absolute atomic E-state index is 0.0272. The Hall–Kier alpha value is -0.870. The van der Waals surface area contributed by atoms with Crippen LogP contribution in [0.3, 0.4) is 0 Å². The van der Waals surface area contributed by atoms with Gasteiger partial charge in [-0.3, -0.25) is 4.79 Å². The van der Waals surface area contributed by atoms with Gasteiger partial charge in [0, 0.05) is 18.1 Å². The highest BCUT2D eigenvalue weighted by molar-refractivity contribution is 5.81. The molecule has 1 amide bonds. The van der Waals surface area contributed by atoms with E-state index in [4.69, 9.17) is 5.73 Å². The summed E-state index contributed by atoms with van der Waals surface area (Å²) in [5, 5.41) is 3.12. The summed E-state index contributed by atoms with van der Waals surface area (Å²) in [7, 11) is 4.23. The lowest BCUT2D eigenvalue weighted by Crippen LogP contribution is -2.51. The summed E-state index contributed by atoms with van der Waals surface area (Å²) in [6, 6.07) is 0.0510. The Morgan fingerprint density at radius 3 is 2.56 bits per heavy atom. The summed E-state index contributed by atoms with van der Waals surface area (Å²) < 4.78 is 0. The van der Waals surface area contributed by atoms with Crippen molar-refractivity contribution in [3.63, 3.8) is 0 Å². The molecule has 2 rings (SSSR count). The van der Waals surface area contributed by atoms with Crippen LogP contribution in [0.4, 0.5) is 0 Å². The van der Waals surface area contributed by atoms with E-state index >= 15 is 0 Å². The maximum atomic E-state index is 12.1. The highest BCUT2D eigenvalue weighted by Crippen LogP contribution is 2.33. The smallest absolute Gasteiger partial charge is 0.227 e. The lowest BCUT2D eigenvalue weighted by atomic mass is 9.95. The Morgan fingerprint density at radius 1 is 1.39 bits per heavy atom. The Labute approximate surface area is 110 Å². The molecule has 4 nitrogen and oxygen atoms in total. The number of carbonyl (C=O) groups is 1. The number of nitrogens with one attached hydrogen (secondary N) is 1. The third-order valence-electron chi connectivity index (χ3n) is 4.53. The third-order valence-corrected chi connectivity index (χ3v) is 4.53. The Balaban J connectivity index is 1.86. The molecule has 0 bridgehead atoms. The molecule has 0 aromatic carbocycles. The highest BCUT2D eigenvalue weighted by Gasteiger charge is 2.36. The van der Waals surface area contributed by atoms with Gasteiger partial charge in [-0.2, -0.15) is 0 Å². The molecule has 0 spiro atoms. The zero-order valence-corrected chi connectivity index (χ0v) is 11.5. The van der Waals surface area contributed by atoms with Gasteiger partial charge in [-0.15, -0.1) is 0 Å². The van der Waals surface area contributed by atoms with Gasteiger partial charge < -0.3 is 16.0 Å². The third kappa shape index (κ3) is 2.75. The van der Waals surface area contributed by atoms with Crippen molar-refractivity contribution in [2.75, 3.05) is 20.6 Å². The molecule has 2 unspecified atom stereocenters. The average molecular weight is 251 g/mol. The van der Waals surface area contributed by atoms with Crippen LogP contribution in [0.25, 0.3) is 0 Å². The van der Waals surface area contributed by atoms with E-state index in [1.807, 2.05) is 12.2 Å². The Bertz CT molecular complexity index is 332. The molecule has 0 heterocycles. The molecule has 0 radical (unpaired) electrons. The van der Waals surface area contributed by atoms with Gasteiger partial charge in [0.05, 0.1) is 5.92 Å². The largest absolute Gasteiger partial charge is 0.354 e. The SMILES string of the molecule is CN(C)C1(CNC(=O)C2C=CC(N)C2)CCCC1. The number of rotatable bonds is 4. The summed E-state index contributed by atoms with van der Waals surface area (Å²) in [5.74, 6) is 0.105. The molecule has 0 aromatic rings. The van der Waals surface area contributed by atoms with Crippen LogP contribution in [0.2, 0.25) is 0 Å². The molecule has 4 heteroatoms. The van der Waals surface area contributed by atoms with Crippen molar-refractivity contribution in [2.24, 2.45) is 11.7 Å². The molecule has 0 aliphatic heterocycles. The van der Waals surface area contributed by atoms with E-state index in [0.717, 1.165) is 13.0 Å². The van der Waals surface area contributed by atoms with Crippen LogP contribution in [-0.4, -0.2) is 43.0 Å². The van der Waals surface area contributed by atoms with Crippen molar-refractivity contribution in [3.8, 4) is 0 Å². The molecule has 0 aromatic heterocycles. The monoisotopic (exact) mass is 251 g/mol. The fraction of sp³-hybridized carbons (Fsp3) is 0.786. The molecule has 2 atom stereocenters. The summed E-state index contributed by atoms with van der Waals surface area (Å²) in [4.78, 5) is 14.4. The van der Waals surface area contributed by atoms with E-state index in [1.165, 1.54) is 25.7 Å². The molecule has 1 saturated carbocycles. The van der Waals surface area contributed by atoms with Gasteiger partial charge in [-0.25, -0.2) is 0 Å². The molecule has 3 N–H and O–H groups in total. The Morgan fingerprint density at radius 2 is 2.06 bits per heavy atom. The first-order chi connectivity index (χ1) is 8.53. The van der Waals surface area contributed by atoms with Crippen molar-refractivity contribution < 1.29 is 4.79 Å². The minimum Gasteiger partial charge on any atom is -0.354 e. The molecule has 0 saturated heterocycles. The predicted molar refractivity (Wildman–Crippen MR) is 73.1 cm³/mol. The van der Waals surface area contributed by atoms with Crippen LogP contribution in [0.15, 0.2) is 12.2 Å². The van der Waals surface area contributed by atoms with Gasteiger partial charge in [-0.1, -0.05) is 25.0 Å². The summed E-state index contributed by atoms with van der Waals surface area (Å²) in [5.41, 5.74) is 5.95. The average Bonchev–Trinajstić information content (AvgIpc) is 2.95. The molecule has 2 aliphatic carbocycles. The molecule has 2 aliphatic rings. The maximum Gasteiger partial charge on any atom is 0.227 e. The normalized spacial score (nSPS) is 30.0. The van der Waals surface area contributed by atoms with E-state index in [-0.39, 0.29) is 23.4 Å². The van der Waals surface area contributed by atoms with Crippen molar-refractivity contribution in [1.82, 2.24) is 10.2 Å². The fourth-order valence-electron chi connectivity index (χ4n) is 3.12. The lowest BCUT2D eigenvalue weighted by Gasteiger charge is -2.36. The van der Waals surface area contributed by atoms with Gasteiger partial charge >= 0.3 is 0 Å².